The maximum atomic E-state index is 13.6. The molecule has 1 spiro atoms. The Kier molecular flexibility index (Phi) is 14.2. The number of urea groups is 1. The minimum atomic E-state index is -4.60. The molecule has 0 unspecified atom stereocenters. The number of carbonyl (C=O) groups excluding carboxylic acids is 6. The van der Waals surface area contributed by atoms with Gasteiger partial charge in [0.1, 0.15) is 28.7 Å². The molecule has 4 aromatic heterocycles. The van der Waals surface area contributed by atoms with Crippen LogP contribution in [0.25, 0.3) is 28.2 Å². The van der Waals surface area contributed by atoms with Crippen LogP contribution < -0.4 is 37.2 Å². The molecule has 3 aliphatic heterocycles. The second kappa shape index (κ2) is 20.8. The van der Waals surface area contributed by atoms with Gasteiger partial charge in [-0.05, 0) is 81.3 Å². The fraction of sp³-hybridized carbons (Fsp3) is 0.388. The molecule has 23 heteroatoms. The summed E-state index contributed by atoms with van der Waals surface area (Å²) < 4.78 is 47.4. The Morgan fingerprint density at radius 1 is 0.917 bits per heavy atom. The van der Waals surface area contributed by atoms with Gasteiger partial charge in [0.15, 0.2) is 0 Å². The van der Waals surface area contributed by atoms with Crippen molar-refractivity contribution < 1.29 is 46.7 Å². The molecule has 1 aliphatic carbocycles. The molecule has 5 aromatic rings. The molecule has 2 saturated heterocycles. The number of anilines is 3. The molecule has 1 aromatic carbocycles. The summed E-state index contributed by atoms with van der Waals surface area (Å²) >= 11 is 0. The number of halogens is 3. The smallest absolute Gasteiger partial charge is 0.383 e. The van der Waals surface area contributed by atoms with Crippen LogP contribution in [0.15, 0.2) is 73.2 Å². The van der Waals surface area contributed by atoms with Crippen molar-refractivity contribution in [3.05, 3.63) is 95.5 Å². The molecule has 2 bridgehead atoms. The van der Waals surface area contributed by atoms with E-state index in [1.807, 2.05) is 21.7 Å². The van der Waals surface area contributed by atoms with E-state index in [-0.39, 0.29) is 92.2 Å². The second-order valence-corrected chi connectivity index (χ2v) is 18.2. The number of pyridine rings is 3. The van der Waals surface area contributed by atoms with Gasteiger partial charge in [0.2, 0.25) is 11.8 Å². The standard InChI is InChI=1S/C49H52F3N13O7/c50-49(51,52)33-13-17-54-36(24-33)59-45(69)30-9-7-29(8-10-30)41-40-42-31(26-57-43(40)53)4-1-2-19-64(28-38(66)58-34-5-3-6-35(25-34)65(42)62-41)39(67)14-22-72-23-18-55-44(68)32-11-12-37(56-27-32)63-20-15-48(16-21-63)46(70)60-47(71)61-48/h1,4,7-13,17,24,26-27,34-35H,2-3,5-6,14-16,18-23,25,28H2,(H2,53,57)(H,55,68)(H,58,66)(H,54,59,69)(H2,60,61,70,71)/b4-1+/t34-,35-/m1/s1. The van der Waals surface area contributed by atoms with E-state index in [0.29, 0.717) is 66.8 Å². The average Bonchev–Trinajstić information content (AvgIpc) is 3.90. The Labute approximate surface area is 410 Å². The van der Waals surface area contributed by atoms with Crippen molar-refractivity contribution in [3.8, 4) is 11.3 Å². The lowest BCUT2D eigenvalue weighted by molar-refractivity contribution is -0.137. The lowest BCUT2D eigenvalue weighted by Gasteiger charge is -2.37. The Bertz CT molecular complexity index is 2920. The molecule has 7 N–H and O–H groups in total. The maximum absolute atomic E-state index is 13.6. The van der Waals surface area contributed by atoms with Crippen molar-refractivity contribution in [3.63, 3.8) is 0 Å². The van der Waals surface area contributed by atoms with E-state index in [1.54, 1.807) is 30.5 Å². The van der Waals surface area contributed by atoms with E-state index in [0.717, 1.165) is 48.7 Å². The molecule has 1 saturated carbocycles. The summed E-state index contributed by atoms with van der Waals surface area (Å²) in [6.45, 7) is 1.51. The molecule has 0 radical (unpaired) electrons. The number of alkyl halides is 3. The van der Waals surface area contributed by atoms with Crippen LogP contribution in [0.1, 0.15) is 89.3 Å². The number of aromatic nitrogens is 5. The van der Waals surface area contributed by atoms with Crippen LogP contribution in [-0.4, -0.2) is 123 Å². The second-order valence-electron chi connectivity index (χ2n) is 18.2. The van der Waals surface area contributed by atoms with Gasteiger partial charge in [0.05, 0.1) is 54.3 Å². The zero-order valence-electron chi connectivity index (χ0n) is 39.0. The number of benzene rings is 1. The van der Waals surface area contributed by atoms with Crippen molar-refractivity contribution in [1.29, 1.82) is 0 Å². The number of nitrogens with zero attached hydrogens (tertiary/aromatic N) is 7. The summed E-state index contributed by atoms with van der Waals surface area (Å²) in [5.41, 5.74) is 7.88. The first-order valence-electron chi connectivity index (χ1n) is 23.7. The Hall–Kier alpha value is -7.95. The SMILES string of the molecule is Nc1ncc2c3c1c(-c1ccc(C(=O)Nc4cc(C(F)(F)F)ccn4)cc1)nn3[C@@H]1CCC[C@H](C1)NC(=O)CN(C(=O)CCOCCNC(=O)c1ccc(N3CCC4(CC3)NC(=O)NC4=O)nc1)CC/C=C/2. The molecule has 376 valence electrons. The molecule has 2 atom stereocenters. The largest absolute Gasteiger partial charge is 0.416 e. The van der Waals surface area contributed by atoms with Crippen molar-refractivity contribution in [2.45, 2.75) is 75.2 Å². The van der Waals surface area contributed by atoms with E-state index in [1.165, 1.54) is 23.2 Å². The number of ether oxygens (including phenoxy) is 1. The van der Waals surface area contributed by atoms with Crippen LogP contribution in [0, 0.1) is 0 Å². The van der Waals surface area contributed by atoms with E-state index in [2.05, 4.69) is 41.5 Å². The van der Waals surface area contributed by atoms with Gasteiger partial charge in [-0.1, -0.05) is 24.3 Å². The molecule has 3 fully saturated rings. The predicted molar refractivity (Wildman–Crippen MR) is 257 cm³/mol. The number of nitrogen functional groups attached to an aromatic ring is 1. The number of fused-ring (bicyclic) bond motifs is 3. The molecular formula is C49H52F3N13O7. The zero-order chi connectivity index (χ0) is 50.6. The molecule has 7 amide bonds. The van der Waals surface area contributed by atoms with Crippen molar-refractivity contribution in [2.75, 3.05) is 61.9 Å². The predicted octanol–water partition coefficient (Wildman–Crippen LogP) is 4.60. The first-order chi connectivity index (χ1) is 34.6. The van der Waals surface area contributed by atoms with E-state index < -0.39 is 29.2 Å². The van der Waals surface area contributed by atoms with Crippen molar-refractivity contribution in [2.24, 2.45) is 0 Å². The fourth-order valence-corrected chi connectivity index (χ4v) is 9.61. The summed E-state index contributed by atoms with van der Waals surface area (Å²) in [4.78, 5) is 93.3. The van der Waals surface area contributed by atoms with Gasteiger partial charge in [-0.25, -0.2) is 19.7 Å². The lowest BCUT2D eigenvalue weighted by atomic mass is 9.88. The highest BCUT2D eigenvalue weighted by Gasteiger charge is 2.48. The average molecular weight is 992 g/mol. The van der Waals surface area contributed by atoms with Crippen molar-refractivity contribution in [1.82, 2.24) is 50.9 Å². The monoisotopic (exact) mass is 991 g/mol. The van der Waals surface area contributed by atoms with E-state index in [9.17, 15) is 41.9 Å². The van der Waals surface area contributed by atoms with Crippen LogP contribution in [0.2, 0.25) is 0 Å². The number of hydrogen-bond acceptors (Lipinski definition) is 13. The third-order valence-corrected chi connectivity index (χ3v) is 13.4. The van der Waals surface area contributed by atoms with Gasteiger partial charge < -0.3 is 41.5 Å². The Balaban J connectivity index is 0.803. The fourth-order valence-electron chi connectivity index (χ4n) is 9.61. The third-order valence-electron chi connectivity index (χ3n) is 13.4. The molecule has 72 heavy (non-hydrogen) atoms. The number of imide groups is 1. The number of nitrogens with two attached hydrogens (primary N) is 1. The minimum absolute atomic E-state index is 0.0135. The molecule has 9 rings (SSSR count). The minimum Gasteiger partial charge on any atom is -0.383 e. The number of rotatable bonds is 11. The van der Waals surface area contributed by atoms with Gasteiger partial charge in [-0.3, -0.25) is 34.0 Å². The quantitative estimate of drug-likeness (QED) is 0.0782. The van der Waals surface area contributed by atoms with Gasteiger partial charge in [-0.15, -0.1) is 0 Å². The first-order valence-corrected chi connectivity index (χ1v) is 23.7. The van der Waals surface area contributed by atoms with Gasteiger partial charge in [0.25, 0.3) is 17.7 Å². The maximum Gasteiger partial charge on any atom is 0.416 e. The summed E-state index contributed by atoms with van der Waals surface area (Å²) in [6, 6.07) is 10.6. The van der Waals surface area contributed by atoms with Crippen molar-refractivity contribution >= 4 is 70.0 Å². The topological polar surface area (TPSA) is 261 Å². The Morgan fingerprint density at radius 2 is 1.71 bits per heavy atom. The van der Waals surface area contributed by atoms with Gasteiger partial charge in [-0.2, -0.15) is 18.3 Å². The number of hydrogen-bond donors (Lipinski definition) is 6. The van der Waals surface area contributed by atoms with Crippen LogP contribution >= 0.6 is 0 Å². The normalized spacial score (nSPS) is 19.5. The highest BCUT2D eigenvalue weighted by molar-refractivity contribution is 6.07. The number of piperidine rings is 1. The number of nitrogens with one attached hydrogen (secondary N) is 5. The van der Waals surface area contributed by atoms with Crippen LogP contribution in [0.5, 0.6) is 0 Å². The van der Waals surface area contributed by atoms with E-state index >= 15 is 0 Å². The molecular weight excluding hydrogens is 940 g/mol. The lowest BCUT2D eigenvalue weighted by Crippen LogP contribution is -2.55. The summed E-state index contributed by atoms with van der Waals surface area (Å²) in [5.74, 6) is -1.22. The number of amides is 7. The highest BCUT2D eigenvalue weighted by Crippen LogP contribution is 2.39. The Morgan fingerprint density at radius 3 is 2.44 bits per heavy atom. The summed E-state index contributed by atoms with van der Waals surface area (Å²) in [6.07, 6.45) is 7.44. The van der Waals surface area contributed by atoms with Crippen LogP contribution in [-0.2, 0) is 25.3 Å². The number of carbonyl (C=O) groups is 6. The highest BCUT2D eigenvalue weighted by atomic mass is 19.4. The summed E-state index contributed by atoms with van der Waals surface area (Å²) in [5, 5.41) is 19.1. The molecule has 7 heterocycles. The molecule has 20 nitrogen and oxygen atoms in total. The van der Waals surface area contributed by atoms with Crippen LogP contribution in [0.4, 0.5) is 35.4 Å². The molecule has 4 aliphatic rings. The van der Waals surface area contributed by atoms with Gasteiger partial charge in [0, 0.05) is 67.5 Å². The van der Waals surface area contributed by atoms with E-state index in [4.69, 9.17) is 15.6 Å². The van der Waals surface area contributed by atoms with Crippen LogP contribution in [0.3, 0.4) is 0 Å². The van der Waals surface area contributed by atoms with Gasteiger partial charge >= 0.3 is 12.2 Å². The summed E-state index contributed by atoms with van der Waals surface area (Å²) in [7, 11) is 0. The zero-order valence-corrected chi connectivity index (χ0v) is 39.0. The first kappa shape index (κ1) is 49.0. The third kappa shape index (κ3) is 10.8.